The first-order chi connectivity index (χ1) is 12.6. The van der Waals surface area contributed by atoms with Crippen molar-refractivity contribution in [2.45, 2.75) is 31.7 Å². The molecule has 6 heteroatoms. The number of hydrogen-bond acceptors (Lipinski definition) is 4. The molecular weight excluding hydrogens is 330 g/mol. The summed E-state index contributed by atoms with van der Waals surface area (Å²) in [5.41, 5.74) is 1.23. The number of aliphatic hydroxyl groups is 1. The summed E-state index contributed by atoms with van der Waals surface area (Å²) in [4.78, 5) is 28.3. The summed E-state index contributed by atoms with van der Waals surface area (Å²) in [7, 11) is 0. The quantitative estimate of drug-likeness (QED) is 0.817. The van der Waals surface area contributed by atoms with Gasteiger partial charge in [0.2, 0.25) is 11.8 Å². The molecule has 2 fully saturated rings. The topological polar surface area (TPSA) is 72.9 Å². The Bertz CT molecular complexity index is 614. The van der Waals surface area contributed by atoms with Crippen molar-refractivity contribution in [3.05, 3.63) is 35.9 Å². The van der Waals surface area contributed by atoms with E-state index >= 15 is 0 Å². The van der Waals surface area contributed by atoms with Crippen LogP contribution in [0.3, 0.4) is 0 Å². The van der Waals surface area contributed by atoms with E-state index in [4.69, 9.17) is 0 Å². The molecule has 0 aliphatic carbocycles. The molecule has 1 aromatic rings. The van der Waals surface area contributed by atoms with Crippen LogP contribution in [0.2, 0.25) is 0 Å². The molecule has 6 nitrogen and oxygen atoms in total. The Morgan fingerprint density at radius 1 is 1.15 bits per heavy atom. The lowest BCUT2D eigenvalue weighted by Crippen LogP contribution is -2.46. The van der Waals surface area contributed by atoms with Gasteiger partial charge in [-0.3, -0.25) is 14.5 Å². The van der Waals surface area contributed by atoms with E-state index < -0.39 is 0 Å². The molecule has 2 atom stereocenters. The molecule has 2 saturated heterocycles. The summed E-state index contributed by atoms with van der Waals surface area (Å²) >= 11 is 0. The first-order valence-corrected chi connectivity index (χ1v) is 9.52. The van der Waals surface area contributed by atoms with E-state index in [1.165, 1.54) is 5.56 Å². The second-order valence-corrected chi connectivity index (χ2v) is 7.40. The third-order valence-electron chi connectivity index (χ3n) is 5.68. The highest BCUT2D eigenvalue weighted by molar-refractivity contribution is 5.80. The Kier molecular flexibility index (Phi) is 6.27. The van der Waals surface area contributed by atoms with Gasteiger partial charge >= 0.3 is 0 Å². The number of benzene rings is 1. The van der Waals surface area contributed by atoms with Gasteiger partial charge in [-0.2, -0.15) is 0 Å². The van der Waals surface area contributed by atoms with Crippen LogP contribution in [0.15, 0.2) is 30.3 Å². The summed E-state index contributed by atoms with van der Waals surface area (Å²) in [6.07, 6.45) is 1.46. The first-order valence-electron chi connectivity index (χ1n) is 9.52. The molecule has 2 aliphatic heterocycles. The number of nitrogens with one attached hydrogen (secondary N) is 1. The van der Waals surface area contributed by atoms with Gasteiger partial charge in [-0.1, -0.05) is 30.3 Å². The van der Waals surface area contributed by atoms with E-state index in [1.807, 2.05) is 23.1 Å². The van der Waals surface area contributed by atoms with Crippen molar-refractivity contribution in [3.8, 4) is 0 Å². The standard InChI is InChI=1S/C20H29N3O3/c1-15(25)23-9-7-17(8-10-23)20(26)21-19-14-22(11-12-24)13-18(19)16-5-3-2-4-6-16/h2-6,17-19,24H,7-14H2,1H3,(H,21,26)/t18-,19+/m0/s1. The summed E-state index contributed by atoms with van der Waals surface area (Å²) in [5.74, 6) is 0.409. The normalized spacial score (nSPS) is 24.6. The number of likely N-dealkylation sites (tertiary alicyclic amines) is 2. The summed E-state index contributed by atoms with van der Waals surface area (Å²) in [5, 5.41) is 12.5. The molecule has 0 radical (unpaired) electrons. The number of carbonyl (C=O) groups is 2. The maximum atomic E-state index is 12.8. The Morgan fingerprint density at radius 3 is 2.46 bits per heavy atom. The molecule has 0 spiro atoms. The summed E-state index contributed by atoms with van der Waals surface area (Å²) in [6, 6.07) is 10.3. The molecule has 2 amide bonds. The first kappa shape index (κ1) is 18.9. The molecule has 2 N–H and O–H groups in total. The van der Waals surface area contributed by atoms with Crippen LogP contribution in [-0.4, -0.2) is 72.1 Å². The molecular formula is C20H29N3O3. The van der Waals surface area contributed by atoms with Crippen LogP contribution in [0, 0.1) is 5.92 Å². The molecule has 0 unspecified atom stereocenters. The van der Waals surface area contributed by atoms with E-state index in [0.29, 0.717) is 19.6 Å². The molecule has 3 rings (SSSR count). The van der Waals surface area contributed by atoms with Crippen LogP contribution in [-0.2, 0) is 9.59 Å². The second kappa shape index (κ2) is 8.64. The number of carbonyl (C=O) groups excluding carboxylic acids is 2. The van der Waals surface area contributed by atoms with Gasteiger partial charge in [-0.05, 0) is 18.4 Å². The van der Waals surface area contributed by atoms with E-state index in [2.05, 4.69) is 22.3 Å². The van der Waals surface area contributed by atoms with E-state index in [-0.39, 0.29) is 36.3 Å². The SMILES string of the molecule is CC(=O)N1CCC(C(=O)N[C@@H]2CN(CCO)C[C@H]2c2ccccc2)CC1. The zero-order chi connectivity index (χ0) is 18.5. The Morgan fingerprint density at radius 2 is 1.85 bits per heavy atom. The van der Waals surface area contributed by atoms with Gasteiger partial charge in [0.25, 0.3) is 0 Å². The zero-order valence-corrected chi connectivity index (χ0v) is 15.4. The largest absolute Gasteiger partial charge is 0.395 e. The molecule has 2 heterocycles. The maximum Gasteiger partial charge on any atom is 0.223 e. The van der Waals surface area contributed by atoms with Crippen LogP contribution < -0.4 is 5.32 Å². The minimum Gasteiger partial charge on any atom is -0.395 e. The lowest BCUT2D eigenvalue weighted by Gasteiger charge is -2.31. The lowest BCUT2D eigenvalue weighted by molar-refractivity contribution is -0.134. The van der Waals surface area contributed by atoms with E-state index in [0.717, 1.165) is 25.9 Å². The Balaban J connectivity index is 1.62. The fraction of sp³-hybridized carbons (Fsp3) is 0.600. The van der Waals surface area contributed by atoms with E-state index in [9.17, 15) is 14.7 Å². The highest BCUT2D eigenvalue weighted by Gasteiger charge is 2.36. The molecule has 0 aromatic heterocycles. The number of hydrogen-bond donors (Lipinski definition) is 2. The van der Waals surface area contributed by atoms with Crippen molar-refractivity contribution in [2.24, 2.45) is 5.92 Å². The fourth-order valence-corrected chi connectivity index (χ4v) is 4.15. The predicted octanol–water partition coefficient (Wildman–Crippen LogP) is 0.821. The van der Waals surface area contributed by atoms with E-state index in [1.54, 1.807) is 6.92 Å². The number of rotatable bonds is 5. The summed E-state index contributed by atoms with van der Waals surface area (Å²) in [6.45, 7) is 5.28. The minimum atomic E-state index is -0.0195. The van der Waals surface area contributed by atoms with Crippen molar-refractivity contribution < 1.29 is 14.7 Å². The van der Waals surface area contributed by atoms with Crippen molar-refractivity contribution in [1.29, 1.82) is 0 Å². The van der Waals surface area contributed by atoms with Crippen LogP contribution in [0.25, 0.3) is 0 Å². The number of β-amino-alcohol motifs (C(OH)–C–C–N with tert-alkyl or cyclic N) is 1. The average Bonchev–Trinajstić information content (AvgIpc) is 3.05. The number of aliphatic hydroxyl groups excluding tert-OH is 1. The monoisotopic (exact) mass is 359 g/mol. The van der Waals surface area contributed by atoms with Gasteiger partial charge < -0.3 is 15.3 Å². The average molecular weight is 359 g/mol. The highest BCUT2D eigenvalue weighted by Crippen LogP contribution is 2.28. The van der Waals surface area contributed by atoms with Crippen molar-refractivity contribution >= 4 is 11.8 Å². The highest BCUT2D eigenvalue weighted by atomic mass is 16.3. The van der Waals surface area contributed by atoms with Gasteiger partial charge in [0, 0.05) is 57.5 Å². The smallest absolute Gasteiger partial charge is 0.223 e. The van der Waals surface area contributed by atoms with Crippen LogP contribution in [0.5, 0.6) is 0 Å². The van der Waals surface area contributed by atoms with Crippen LogP contribution in [0.1, 0.15) is 31.2 Å². The van der Waals surface area contributed by atoms with Crippen molar-refractivity contribution in [2.75, 3.05) is 39.3 Å². The predicted molar refractivity (Wildman–Crippen MR) is 99.6 cm³/mol. The van der Waals surface area contributed by atoms with Crippen LogP contribution in [0.4, 0.5) is 0 Å². The molecule has 0 saturated carbocycles. The van der Waals surface area contributed by atoms with Gasteiger partial charge in [0.05, 0.1) is 6.61 Å². The van der Waals surface area contributed by atoms with Gasteiger partial charge in [-0.15, -0.1) is 0 Å². The van der Waals surface area contributed by atoms with Gasteiger partial charge in [0.15, 0.2) is 0 Å². The number of nitrogens with zero attached hydrogens (tertiary/aromatic N) is 2. The second-order valence-electron chi connectivity index (χ2n) is 7.40. The van der Waals surface area contributed by atoms with Crippen molar-refractivity contribution in [1.82, 2.24) is 15.1 Å². The fourth-order valence-electron chi connectivity index (χ4n) is 4.15. The van der Waals surface area contributed by atoms with Gasteiger partial charge in [-0.25, -0.2) is 0 Å². The third kappa shape index (κ3) is 4.43. The number of piperidine rings is 1. The van der Waals surface area contributed by atoms with Gasteiger partial charge in [0.1, 0.15) is 0 Å². The molecule has 142 valence electrons. The molecule has 1 aromatic carbocycles. The minimum absolute atomic E-state index is 0.0195. The molecule has 0 bridgehead atoms. The Labute approximate surface area is 155 Å². The van der Waals surface area contributed by atoms with Crippen LogP contribution >= 0.6 is 0 Å². The molecule has 2 aliphatic rings. The maximum absolute atomic E-state index is 12.8. The third-order valence-corrected chi connectivity index (χ3v) is 5.68. The number of amides is 2. The lowest BCUT2D eigenvalue weighted by atomic mass is 9.92. The molecule has 26 heavy (non-hydrogen) atoms. The van der Waals surface area contributed by atoms with Crippen molar-refractivity contribution in [3.63, 3.8) is 0 Å². The Hall–Kier alpha value is -1.92. The zero-order valence-electron chi connectivity index (χ0n) is 15.4. The summed E-state index contributed by atoms with van der Waals surface area (Å²) < 4.78 is 0.